The number of cyclic esters (lactones) is 1. The Bertz CT molecular complexity index is 332. The van der Waals surface area contributed by atoms with Gasteiger partial charge in [0.05, 0.1) is 6.61 Å². The van der Waals surface area contributed by atoms with Gasteiger partial charge in [0.25, 0.3) is 0 Å². The normalized spacial score (nSPS) is 32.9. The molecule has 0 unspecified atom stereocenters. The van der Waals surface area contributed by atoms with E-state index in [0.29, 0.717) is 6.42 Å². The Labute approximate surface area is 95.3 Å². The van der Waals surface area contributed by atoms with Gasteiger partial charge < -0.3 is 9.84 Å². The van der Waals surface area contributed by atoms with Crippen LogP contribution in [0.15, 0.2) is 12.7 Å². The van der Waals surface area contributed by atoms with Crippen molar-refractivity contribution >= 4 is 11.9 Å². The minimum atomic E-state index is -1.12. The predicted molar refractivity (Wildman–Crippen MR) is 58.8 cm³/mol. The molecule has 1 saturated heterocycles. The third-order valence-electron chi connectivity index (χ3n) is 3.89. The summed E-state index contributed by atoms with van der Waals surface area (Å²) in [7, 11) is 0. The number of aliphatic carboxylic acids is 1. The van der Waals surface area contributed by atoms with Crippen molar-refractivity contribution in [1.82, 2.24) is 0 Å². The van der Waals surface area contributed by atoms with Gasteiger partial charge in [-0.2, -0.15) is 0 Å². The van der Waals surface area contributed by atoms with E-state index in [2.05, 4.69) is 6.58 Å². The van der Waals surface area contributed by atoms with Gasteiger partial charge in [-0.05, 0) is 11.8 Å². The first-order valence-corrected chi connectivity index (χ1v) is 5.26. The maximum absolute atomic E-state index is 11.5. The molecule has 0 aromatic carbocycles. The van der Waals surface area contributed by atoms with Crippen molar-refractivity contribution in [2.24, 2.45) is 16.7 Å². The van der Waals surface area contributed by atoms with E-state index >= 15 is 0 Å². The summed E-state index contributed by atoms with van der Waals surface area (Å²) in [4.78, 5) is 22.7. The summed E-state index contributed by atoms with van der Waals surface area (Å²) in [6.07, 6.45) is 2.36. The van der Waals surface area contributed by atoms with E-state index < -0.39 is 23.3 Å². The second kappa shape index (κ2) is 3.92. The number of rotatable bonds is 3. The number of esters is 1. The number of hydrogen-bond acceptors (Lipinski definition) is 3. The van der Waals surface area contributed by atoms with Crippen LogP contribution < -0.4 is 0 Å². The van der Waals surface area contributed by atoms with Crippen molar-refractivity contribution in [3.05, 3.63) is 12.7 Å². The van der Waals surface area contributed by atoms with E-state index in [1.54, 1.807) is 19.9 Å². The Kier molecular flexibility index (Phi) is 3.13. The minimum absolute atomic E-state index is 0.245. The van der Waals surface area contributed by atoms with Gasteiger partial charge in [-0.25, -0.2) is 0 Å². The fourth-order valence-corrected chi connectivity index (χ4v) is 2.19. The van der Waals surface area contributed by atoms with Crippen LogP contribution in [0.25, 0.3) is 0 Å². The van der Waals surface area contributed by atoms with Crippen molar-refractivity contribution in [1.29, 1.82) is 0 Å². The molecule has 0 aromatic heterocycles. The van der Waals surface area contributed by atoms with Crippen molar-refractivity contribution in [2.75, 3.05) is 6.61 Å². The minimum Gasteiger partial charge on any atom is -0.481 e. The zero-order chi connectivity index (χ0) is 12.6. The molecule has 90 valence electrons. The second-order valence-corrected chi connectivity index (χ2v) is 5.15. The van der Waals surface area contributed by atoms with E-state index in [4.69, 9.17) is 9.84 Å². The summed E-state index contributed by atoms with van der Waals surface area (Å²) in [6, 6.07) is 0. The van der Waals surface area contributed by atoms with Crippen LogP contribution in [0.2, 0.25) is 0 Å². The summed E-state index contributed by atoms with van der Waals surface area (Å²) in [5.41, 5.74) is -1.03. The third-order valence-corrected chi connectivity index (χ3v) is 3.89. The van der Waals surface area contributed by atoms with Crippen LogP contribution in [-0.4, -0.2) is 23.7 Å². The highest BCUT2D eigenvalue weighted by molar-refractivity contribution is 5.95. The molecule has 2 atom stereocenters. The fourth-order valence-electron chi connectivity index (χ4n) is 2.19. The molecule has 4 nitrogen and oxygen atoms in total. The highest BCUT2D eigenvalue weighted by atomic mass is 16.5. The van der Waals surface area contributed by atoms with Crippen LogP contribution >= 0.6 is 0 Å². The van der Waals surface area contributed by atoms with Crippen LogP contribution in [0.1, 0.15) is 27.2 Å². The monoisotopic (exact) mass is 226 g/mol. The van der Waals surface area contributed by atoms with Gasteiger partial charge >= 0.3 is 11.9 Å². The Hall–Kier alpha value is -1.32. The average molecular weight is 226 g/mol. The largest absolute Gasteiger partial charge is 0.481 e. The summed E-state index contributed by atoms with van der Waals surface area (Å²) in [6.45, 7) is 9.44. The molecule has 4 heteroatoms. The Morgan fingerprint density at radius 2 is 2.19 bits per heavy atom. The maximum Gasteiger partial charge on any atom is 0.320 e. The van der Waals surface area contributed by atoms with Gasteiger partial charge in [-0.1, -0.05) is 26.8 Å². The molecule has 0 amide bonds. The van der Waals surface area contributed by atoms with Crippen LogP contribution in [0.5, 0.6) is 0 Å². The first-order chi connectivity index (χ1) is 7.26. The zero-order valence-electron chi connectivity index (χ0n) is 9.95. The average Bonchev–Trinajstić information content (AvgIpc) is 2.12. The van der Waals surface area contributed by atoms with E-state index in [9.17, 15) is 9.59 Å². The quantitative estimate of drug-likeness (QED) is 0.453. The summed E-state index contributed by atoms with van der Waals surface area (Å²) >= 11 is 0. The Balaban J connectivity index is 3.15. The number of carbonyl (C=O) groups is 2. The molecule has 1 aliphatic rings. The first-order valence-electron chi connectivity index (χ1n) is 5.26. The van der Waals surface area contributed by atoms with Gasteiger partial charge in [0, 0.05) is 5.41 Å². The van der Waals surface area contributed by atoms with Crippen LogP contribution in [-0.2, 0) is 14.3 Å². The number of carbonyl (C=O) groups excluding carboxylic acids is 1. The van der Waals surface area contributed by atoms with Gasteiger partial charge in [-0.3, -0.25) is 9.59 Å². The topological polar surface area (TPSA) is 63.6 Å². The SMILES string of the molecule is C=CC[C@@]1(C)COC(=O)[C@H](C(=O)O)C1(C)C. The van der Waals surface area contributed by atoms with Crippen molar-refractivity contribution in [2.45, 2.75) is 27.2 Å². The molecule has 1 rings (SSSR count). The maximum atomic E-state index is 11.5. The first kappa shape index (κ1) is 12.7. The highest BCUT2D eigenvalue weighted by Crippen LogP contribution is 2.50. The number of carboxylic acid groups (broad SMARTS) is 1. The molecule has 1 N–H and O–H groups in total. The molecule has 1 fully saturated rings. The predicted octanol–water partition coefficient (Wildman–Crippen LogP) is 1.85. The van der Waals surface area contributed by atoms with Gasteiger partial charge in [0.15, 0.2) is 5.92 Å². The number of ether oxygens (including phenoxy) is 1. The lowest BCUT2D eigenvalue weighted by Gasteiger charge is -2.49. The number of carboxylic acids is 1. The van der Waals surface area contributed by atoms with E-state index in [0.717, 1.165) is 0 Å². The third kappa shape index (κ3) is 1.72. The molecule has 0 spiro atoms. The standard InChI is InChI=1S/C12H18O4/c1-5-6-12(4)7-16-10(15)8(9(13)14)11(12,2)3/h5,8H,1,6-7H2,2-4H3,(H,13,14)/t8-,12-/m0/s1. The molecule has 0 aromatic rings. The van der Waals surface area contributed by atoms with E-state index in [1.807, 2.05) is 6.92 Å². The molecule has 0 radical (unpaired) electrons. The van der Waals surface area contributed by atoms with Crippen molar-refractivity contribution in [3.8, 4) is 0 Å². The van der Waals surface area contributed by atoms with Crippen LogP contribution in [0, 0.1) is 16.7 Å². The Morgan fingerprint density at radius 3 is 2.62 bits per heavy atom. The number of allylic oxidation sites excluding steroid dienone is 1. The molecular formula is C12H18O4. The molecule has 1 aliphatic heterocycles. The second-order valence-electron chi connectivity index (χ2n) is 5.15. The van der Waals surface area contributed by atoms with Gasteiger partial charge in [0.1, 0.15) is 0 Å². The lowest BCUT2D eigenvalue weighted by atomic mass is 9.58. The van der Waals surface area contributed by atoms with Gasteiger partial charge in [-0.15, -0.1) is 6.58 Å². The van der Waals surface area contributed by atoms with E-state index in [1.165, 1.54) is 0 Å². The lowest BCUT2D eigenvalue weighted by molar-refractivity contribution is -0.189. The summed E-state index contributed by atoms with van der Waals surface area (Å²) in [5.74, 6) is -2.87. The molecule has 0 aliphatic carbocycles. The van der Waals surface area contributed by atoms with Crippen LogP contribution in [0.3, 0.4) is 0 Å². The lowest BCUT2D eigenvalue weighted by Crippen LogP contribution is -2.54. The molecular weight excluding hydrogens is 208 g/mol. The zero-order valence-corrected chi connectivity index (χ0v) is 9.95. The fraction of sp³-hybridized carbons (Fsp3) is 0.667. The van der Waals surface area contributed by atoms with Crippen LogP contribution in [0.4, 0.5) is 0 Å². The van der Waals surface area contributed by atoms with Crippen molar-refractivity contribution < 1.29 is 19.4 Å². The highest BCUT2D eigenvalue weighted by Gasteiger charge is 2.56. The summed E-state index contributed by atoms with van der Waals surface area (Å²) < 4.78 is 4.99. The molecule has 16 heavy (non-hydrogen) atoms. The Morgan fingerprint density at radius 1 is 1.62 bits per heavy atom. The number of hydrogen-bond donors (Lipinski definition) is 1. The summed E-state index contributed by atoms with van der Waals surface area (Å²) in [5, 5.41) is 9.12. The molecule has 0 saturated carbocycles. The molecule has 0 bridgehead atoms. The smallest absolute Gasteiger partial charge is 0.320 e. The van der Waals surface area contributed by atoms with Gasteiger partial charge in [0.2, 0.25) is 0 Å². The van der Waals surface area contributed by atoms with E-state index in [-0.39, 0.29) is 12.0 Å². The van der Waals surface area contributed by atoms with Crippen molar-refractivity contribution in [3.63, 3.8) is 0 Å². The molecule has 1 heterocycles.